The standard InChI is InChI=1S/C15H11F2N/c1-10-7-15(17)12(9-14(10)16)6-5-11-3-2-4-13(18)8-11/h2-4,7-9H,18H2,1H3. The zero-order valence-electron chi connectivity index (χ0n) is 9.80. The number of nitrogen functional groups attached to an aromatic ring is 1. The van der Waals surface area contributed by atoms with Crippen LogP contribution >= 0.6 is 0 Å². The molecule has 0 heterocycles. The number of nitrogens with two attached hydrogens (primary N) is 1. The fourth-order valence-corrected chi connectivity index (χ4v) is 1.50. The van der Waals surface area contributed by atoms with E-state index in [0.717, 1.165) is 12.1 Å². The molecule has 2 aromatic carbocycles. The molecular formula is C15H11F2N. The molecule has 0 radical (unpaired) electrons. The van der Waals surface area contributed by atoms with Crippen molar-refractivity contribution in [2.45, 2.75) is 6.92 Å². The van der Waals surface area contributed by atoms with Gasteiger partial charge in [-0.1, -0.05) is 17.9 Å². The summed E-state index contributed by atoms with van der Waals surface area (Å²) in [5.41, 5.74) is 7.15. The van der Waals surface area contributed by atoms with Crippen molar-refractivity contribution in [2.24, 2.45) is 0 Å². The normalized spacial score (nSPS) is 9.72. The third-order valence-electron chi connectivity index (χ3n) is 2.48. The van der Waals surface area contributed by atoms with Crippen molar-refractivity contribution in [3.8, 4) is 11.8 Å². The molecule has 0 fully saturated rings. The molecule has 0 spiro atoms. The molecule has 0 bridgehead atoms. The molecule has 2 rings (SSSR count). The summed E-state index contributed by atoms with van der Waals surface area (Å²) in [4.78, 5) is 0. The van der Waals surface area contributed by atoms with Crippen molar-refractivity contribution in [1.82, 2.24) is 0 Å². The van der Waals surface area contributed by atoms with Crippen molar-refractivity contribution in [3.63, 3.8) is 0 Å². The second-order valence-electron chi connectivity index (χ2n) is 3.96. The number of rotatable bonds is 0. The fourth-order valence-electron chi connectivity index (χ4n) is 1.50. The molecular weight excluding hydrogens is 232 g/mol. The van der Waals surface area contributed by atoms with Crippen LogP contribution in [0.4, 0.5) is 14.5 Å². The highest BCUT2D eigenvalue weighted by Crippen LogP contribution is 2.13. The van der Waals surface area contributed by atoms with Crippen molar-refractivity contribution in [2.75, 3.05) is 5.73 Å². The van der Waals surface area contributed by atoms with Gasteiger partial charge < -0.3 is 5.73 Å². The first-order valence-electron chi connectivity index (χ1n) is 5.39. The minimum atomic E-state index is -0.523. The zero-order chi connectivity index (χ0) is 13.1. The van der Waals surface area contributed by atoms with Crippen molar-refractivity contribution in [3.05, 3.63) is 64.7 Å². The van der Waals surface area contributed by atoms with Crippen LogP contribution in [0.15, 0.2) is 36.4 Å². The number of halogens is 2. The third-order valence-corrected chi connectivity index (χ3v) is 2.48. The minimum Gasteiger partial charge on any atom is -0.399 e. The molecule has 2 N–H and O–H groups in total. The molecule has 90 valence electrons. The Balaban J connectivity index is 2.38. The Bertz CT molecular complexity index is 651. The van der Waals surface area contributed by atoms with E-state index in [0.29, 0.717) is 11.3 Å². The van der Waals surface area contributed by atoms with Crippen LogP contribution in [0.5, 0.6) is 0 Å². The van der Waals surface area contributed by atoms with E-state index in [2.05, 4.69) is 11.8 Å². The minimum absolute atomic E-state index is 0.0422. The van der Waals surface area contributed by atoms with E-state index < -0.39 is 11.6 Å². The largest absolute Gasteiger partial charge is 0.399 e. The van der Waals surface area contributed by atoms with Crippen LogP contribution in [0.3, 0.4) is 0 Å². The second kappa shape index (κ2) is 4.89. The van der Waals surface area contributed by atoms with Gasteiger partial charge in [0, 0.05) is 11.3 Å². The maximum absolute atomic E-state index is 13.5. The quantitative estimate of drug-likeness (QED) is 0.558. The van der Waals surface area contributed by atoms with Crippen molar-refractivity contribution >= 4 is 5.69 Å². The SMILES string of the molecule is Cc1cc(F)c(C#Cc2cccc(N)c2)cc1F. The van der Waals surface area contributed by atoms with Crippen molar-refractivity contribution < 1.29 is 8.78 Å². The fraction of sp³-hybridized carbons (Fsp3) is 0.0667. The summed E-state index contributed by atoms with van der Waals surface area (Å²) in [6, 6.07) is 9.16. The lowest BCUT2D eigenvalue weighted by Crippen LogP contribution is -1.90. The Labute approximate surface area is 104 Å². The maximum atomic E-state index is 13.5. The molecule has 1 nitrogen and oxygen atoms in total. The summed E-state index contributed by atoms with van der Waals surface area (Å²) >= 11 is 0. The van der Waals surface area contributed by atoms with Crippen molar-refractivity contribution in [1.29, 1.82) is 0 Å². The number of anilines is 1. The highest BCUT2D eigenvalue weighted by molar-refractivity contribution is 5.50. The van der Waals surface area contributed by atoms with Gasteiger partial charge in [0.1, 0.15) is 11.6 Å². The average Bonchev–Trinajstić information content (AvgIpc) is 2.32. The Morgan fingerprint density at radius 1 is 1.00 bits per heavy atom. The molecule has 2 aromatic rings. The maximum Gasteiger partial charge on any atom is 0.139 e. The van der Waals surface area contributed by atoms with Gasteiger partial charge in [-0.25, -0.2) is 8.78 Å². The molecule has 0 atom stereocenters. The number of hydrogen-bond donors (Lipinski definition) is 1. The van der Waals surface area contributed by atoms with Crippen LogP contribution in [0.2, 0.25) is 0 Å². The van der Waals surface area contributed by atoms with Crippen LogP contribution in [0.1, 0.15) is 16.7 Å². The smallest absolute Gasteiger partial charge is 0.139 e. The highest BCUT2D eigenvalue weighted by atomic mass is 19.1. The summed E-state index contributed by atoms with van der Waals surface area (Å²) in [7, 11) is 0. The topological polar surface area (TPSA) is 26.0 Å². The lowest BCUT2D eigenvalue weighted by atomic mass is 10.1. The first-order valence-corrected chi connectivity index (χ1v) is 5.39. The molecule has 0 unspecified atom stereocenters. The van der Waals surface area contributed by atoms with Gasteiger partial charge in [-0.05, 0) is 42.8 Å². The van der Waals surface area contributed by atoms with Crippen LogP contribution in [-0.4, -0.2) is 0 Å². The molecule has 0 aliphatic carbocycles. The van der Waals surface area contributed by atoms with E-state index in [-0.39, 0.29) is 11.1 Å². The second-order valence-corrected chi connectivity index (χ2v) is 3.96. The van der Waals surface area contributed by atoms with Gasteiger partial charge in [-0.3, -0.25) is 0 Å². The molecule has 0 aromatic heterocycles. The number of hydrogen-bond acceptors (Lipinski definition) is 1. The molecule has 0 amide bonds. The molecule has 3 heteroatoms. The van der Waals surface area contributed by atoms with Gasteiger partial charge in [-0.15, -0.1) is 0 Å². The van der Waals surface area contributed by atoms with E-state index in [9.17, 15) is 8.78 Å². The first-order chi connectivity index (χ1) is 8.56. The van der Waals surface area contributed by atoms with Crippen LogP contribution in [-0.2, 0) is 0 Å². The first kappa shape index (κ1) is 12.1. The lowest BCUT2D eigenvalue weighted by Gasteiger charge is -1.99. The number of aryl methyl sites for hydroxylation is 1. The van der Waals surface area contributed by atoms with E-state index in [1.807, 2.05) is 0 Å². The molecule has 0 saturated carbocycles. The Kier molecular flexibility index (Phi) is 3.29. The summed E-state index contributed by atoms with van der Waals surface area (Å²) in [5, 5.41) is 0. The molecule has 18 heavy (non-hydrogen) atoms. The van der Waals surface area contributed by atoms with Gasteiger partial charge in [0.05, 0.1) is 5.56 Å². The monoisotopic (exact) mass is 243 g/mol. The van der Waals surface area contributed by atoms with Gasteiger partial charge in [0.25, 0.3) is 0 Å². The van der Waals surface area contributed by atoms with E-state index in [4.69, 9.17) is 5.73 Å². The predicted molar refractivity (Wildman–Crippen MR) is 67.9 cm³/mol. The molecule has 0 saturated heterocycles. The van der Waals surface area contributed by atoms with Gasteiger partial charge >= 0.3 is 0 Å². The van der Waals surface area contributed by atoms with E-state index in [1.165, 1.54) is 6.92 Å². The van der Waals surface area contributed by atoms with E-state index in [1.54, 1.807) is 24.3 Å². The Morgan fingerprint density at radius 2 is 1.78 bits per heavy atom. The summed E-state index contributed by atoms with van der Waals surface area (Å²) in [6.45, 7) is 1.51. The zero-order valence-corrected chi connectivity index (χ0v) is 9.80. The molecule has 0 aliphatic rings. The summed E-state index contributed by atoms with van der Waals surface area (Å²) < 4.78 is 26.8. The third kappa shape index (κ3) is 2.67. The number of benzene rings is 2. The molecule has 0 aliphatic heterocycles. The Morgan fingerprint density at radius 3 is 2.50 bits per heavy atom. The summed E-state index contributed by atoms with van der Waals surface area (Å²) in [6.07, 6.45) is 0. The van der Waals surface area contributed by atoms with Crippen LogP contribution < -0.4 is 5.73 Å². The van der Waals surface area contributed by atoms with Crippen LogP contribution in [0, 0.1) is 30.4 Å². The van der Waals surface area contributed by atoms with E-state index >= 15 is 0 Å². The summed E-state index contributed by atoms with van der Waals surface area (Å²) in [5.74, 6) is 4.37. The average molecular weight is 243 g/mol. The highest BCUT2D eigenvalue weighted by Gasteiger charge is 2.04. The Hall–Kier alpha value is -2.34. The van der Waals surface area contributed by atoms with Crippen LogP contribution in [0.25, 0.3) is 0 Å². The predicted octanol–water partition coefficient (Wildman–Crippen LogP) is 3.26. The van der Waals surface area contributed by atoms with Gasteiger partial charge in [0.15, 0.2) is 0 Å². The van der Waals surface area contributed by atoms with Gasteiger partial charge in [-0.2, -0.15) is 0 Å². The lowest BCUT2D eigenvalue weighted by molar-refractivity contribution is 0.590. The van der Waals surface area contributed by atoms with Gasteiger partial charge in [0.2, 0.25) is 0 Å².